The molecule has 0 bridgehead atoms. The minimum Gasteiger partial charge on any atom is -0.545 e. The van der Waals surface area contributed by atoms with Gasteiger partial charge in [-0.2, -0.15) is 0 Å². The average molecular weight is 329 g/mol. The third-order valence-electron chi connectivity index (χ3n) is 4.27. The van der Waals surface area contributed by atoms with Gasteiger partial charge in [-0.25, -0.2) is 0 Å². The molecule has 1 heterocycles. The fourth-order valence-electron chi connectivity index (χ4n) is 3.15. The molecule has 25 heavy (non-hydrogen) atoms. The van der Waals surface area contributed by atoms with Crippen LogP contribution in [-0.2, 0) is 0 Å². The first-order valence-electron chi connectivity index (χ1n) is 7.82. The number of hydrogen-bond donors (Lipinski definition) is 0. The highest BCUT2D eigenvalue weighted by molar-refractivity contribution is 6.07. The Balaban J connectivity index is 2.22. The molecule has 4 heteroatoms. The van der Waals surface area contributed by atoms with Crippen LogP contribution in [0.5, 0.6) is 0 Å². The van der Waals surface area contributed by atoms with Crippen molar-refractivity contribution in [3.05, 3.63) is 82.0 Å². The molecule has 4 nitrogen and oxygen atoms in total. The number of rotatable bonds is 2. The molecule has 0 saturated carbocycles. The summed E-state index contributed by atoms with van der Waals surface area (Å²) in [7, 11) is 0. The van der Waals surface area contributed by atoms with Gasteiger partial charge in [0.25, 0.3) is 0 Å². The molecule has 0 amide bonds. The van der Waals surface area contributed by atoms with Crippen molar-refractivity contribution in [3.8, 4) is 22.5 Å². The standard InChI is InChI=1S/C21H14O4/c1-12-6-8-16-18(10-12)25-19-11-13(22)7-9-17(19)20(16)14-4-2-3-5-15(14)21(23)24/h2-11H,1H3,(H,23,24)/p-1. The van der Waals surface area contributed by atoms with Gasteiger partial charge in [0.05, 0.1) is 5.97 Å². The summed E-state index contributed by atoms with van der Waals surface area (Å²) in [5, 5.41) is 12.4. The first-order chi connectivity index (χ1) is 12.0. The summed E-state index contributed by atoms with van der Waals surface area (Å²) in [6, 6.07) is 16.9. The minimum atomic E-state index is -1.25. The van der Waals surface area contributed by atoms with Crippen LogP contribution >= 0.6 is 0 Å². The predicted octanol–water partition coefficient (Wildman–Crippen LogP) is 3.24. The van der Waals surface area contributed by atoms with E-state index in [-0.39, 0.29) is 11.0 Å². The zero-order chi connectivity index (χ0) is 17.6. The van der Waals surface area contributed by atoms with Crippen molar-refractivity contribution >= 4 is 16.9 Å². The summed E-state index contributed by atoms with van der Waals surface area (Å²) in [4.78, 5) is 23.3. The van der Waals surface area contributed by atoms with E-state index in [1.54, 1.807) is 24.3 Å². The number of aromatic carboxylic acids is 1. The zero-order valence-electron chi connectivity index (χ0n) is 13.4. The Labute approximate surface area is 143 Å². The molecule has 0 aromatic heterocycles. The van der Waals surface area contributed by atoms with E-state index in [9.17, 15) is 14.7 Å². The molecule has 2 aromatic rings. The fraction of sp³-hybridized carbons (Fsp3) is 0.0476. The molecule has 0 unspecified atom stereocenters. The molecule has 0 radical (unpaired) electrons. The number of hydrogen-bond acceptors (Lipinski definition) is 4. The van der Waals surface area contributed by atoms with Crippen molar-refractivity contribution in [2.45, 2.75) is 6.92 Å². The molecule has 0 fully saturated rings. The Morgan fingerprint density at radius 1 is 0.960 bits per heavy atom. The van der Waals surface area contributed by atoms with Crippen LogP contribution in [0.2, 0.25) is 0 Å². The Morgan fingerprint density at radius 3 is 2.56 bits per heavy atom. The number of carbonyl (C=O) groups excluding carboxylic acids is 1. The van der Waals surface area contributed by atoms with Gasteiger partial charge in [0, 0.05) is 28.1 Å². The second kappa shape index (κ2) is 5.60. The summed E-state index contributed by atoms with van der Waals surface area (Å²) in [6.45, 7) is 1.94. The lowest BCUT2D eigenvalue weighted by Crippen LogP contribution is -2.23. The Morgan fingerprint density at radius 2 is 1.76 bits per heavy atom. The number of fused-ring (bicyclic) bond motifs is 2. The summed E-state index contributed by atoms with van der Waals surface area (Å²) < 4.78 is 5.91. The monoisotopic (exact) mass is 329 g/mol. The first-order valence-corrected chi connectivity index (χ1v) is 7.82. The molecular weight excluding hydrogens is 316 g/mol. The van der Waals surface area contributed by atoms with Gasteiger partial charge in [0.1, 0.15) is 11.3 Å². The van der Waals surface area contributed by atoms with Crippen molar-refractivity contribution < 1.29 is 14.3 Å². The van der Waals surface area contributed by atoms with Gasteiger partial charge in [0.2, 0.25) is 0 Å². The summed E-state index contributed by atoms with van der Waals surface area (Å²) in [5.74, 6) is -0.820. The van der Waals surface area contributed by atoms with E-state index in [4.69, 9.17) is 4.42 Å². The summed E-state index contributed by atoms with van der Waals surface area (Å²) in [5.41, 5.74) is 3.48. The molecule has 0 spiro atoms. The Bertz CT molecular complexity index is 1150. The minimum absolute atomic E-state index is 0.100. The number of benzene rings is 3. The van der Waals surface area contributed by atoms with Crippen LogP contribution < -0.4 is 10.5 Å². The second-order valence-electron chi connectivity index (χ2n) is 5.97. The SMILES string of the molecule is Cc1ccc2c(-c3ccccc3C(=O)[O-])c3ccc(=O)cc-3oc2c1. The predicted molar refractivity (Wildman–Crippen MR) is 93.6 cm³/mol. The van der Waals surface area contributed by atoms with Crippen molar-refractivity contribution in [1.82, 2.24) is 0 Å². The van der Waals surface area contributed by atoms with E-state index in [1.165, 1.54) is 18.2 Å². The molecular formula is C21H13O4-. The third-order valence-corrected chi connectivity index (χ3v) is 4.27. The van der Waals surface area contributed by atoms with E-state index in [0.29, 0.717) is 22.5 Å². The molecule has 4 rings (SSSR count). The van der Waals surface area contributed by atoms with Crippen LogP contribution in [0.1, 0.15) is 15.9 Å². The van der Waals surface area contributed by atoms with Crippen LogP contribution in [0.25, 0.3) is 33.4 Å². The molecule has 1 aliphatic carbocycles. The fourth-order valence-corrected chi connectivity index (χ4v) is 3.15. The normalized spacial score (nSPS) is 11.1. The lowest BCUT2D eigenvalue weighted by Gasteiger charge is -2.18. The highest BCUT2D eigenvalue weighted by Gasteiger charge is 2.19. The second-order valence-corrected chi connectivity index (χ2v) is 5.97. The Hall–Kier alpha value is -3.40. The van der Waals surface area contributed by atoms with E-state index < -0.39 is 5.97 Å². The largest absolute Gasteiger partial charge is 0.545 e. The van der Waals surface area contributed by atoms with Gasteiger partial charge < -0.3 is 14.3 Å². The smallest absolute Gasteiger partial charge is 0.182 e. The van der Waals surface area contributed by atoms with E-state index in [1.807, 2.05) is 25.1 Å². The maximum absolute atomic E-state index is 11.7. The summed E-state index contributed by atoms with van der Waals surface area (Å²) >= 11 is 0. The lowest BCUT2D eigenvalue weighted by atomic mass is 9.90. The van der Waals surface area contributed by atoms with Gasteiger partial charge in [-0.15, -0.1) is 0 Å². The molecule has 2 aromatic carbocycles. The molecule has 0 N–H and O–H groups in total. The summed E-state index contributed by atoms with van der Waals surface area (Å²) in [6.07, 6.45) is 0. The van der Waals surface area contributed by atoms with E-state index in [0.717, 1.165) is 16.5 Å². The lowest BCUT2D eigenvalue weighted by molar-refractivity contribution is -0.254. The van der Waals surface area contributed by atoms with Gasteiger partial charge in [-0.1, -0.05) is 36.4 Å². The van der Waals surface area contributed by atoms with Gasteiger partial charge in [0.15, 0.2) is 5.43 Å². The maximum Gasteiger partial charge on any atom is 0.182 e. The average Bonchev–Trinajstić information content (AvgIpc) is 2.59. The van der Waals surface area contributed by atoms with Crippen LogP contribution in [0, 0.1) is 6.92 Å². The van der Waals surface area contributed by atoms with Gasteiger partial charge in [-0.05, 0) is 36.2 Å². The Kier molecular flexibility index (Phi) is 3.39. The van der Waals surface area contributed by atoms with Crippen LogP contribution in [0.15, 0.2) is 69.9 Å². The third kappa shape index (κ3) is 2.48. The zero-order valence-corrected chi connectivity index (χ0v) is 13.4. The van der Waals surface area contributed by atoms with Gasteiger partial charge in [-0.3, -0.25) is 4.79 Å². The topological polar surface area (TPSA) is 70.3 Å². The molecule has 0 saturated heterocycles. The molecule has 1 aliphatic heterocycles. The van der Waals surface area contributed by atoms with Crippen molar-refractivity contribution in [2.75, 3.05) is 0 Å². The number of carboxylic acids is 1. The van der Waals surface area contributed by atoms with E-state index >= 15 is 0 Å². The van der Waals surface area contributed by atoms with Crippen LogP contribution in [0.3, 0.4) is 0 Å². The number of aryl methyl sites for hydroxylation is 1. The van der Waals surface area contributed by atoms with Crippen molar-refractivity contribution in [2.24, 2.45) is 0 Å². The highest BCUT2D eigenvalue weighted by Crippen LogP contribution is 2.41. The van der Waals surface area contributed by atoms with Crippen molar-refractivity contribution in [3.63, 3.8) is 0 Å². The quantitative estimate of drug-likeness (QED) is 0.529. The number of carboxylic acid groups (broad SMARTS) is 1. The molecule has 0 atom stereocenters. The van der Waals surface area contributed by atoms with Gasteiger partial charge >= 0.3 is 0 Å². The van der Waals surface area contributed by atoms with Crippen LogP contribution in [-0.4, -0.2) is 5.97 Å². The van der Waals surface area contributed by atoms with E-state index in [2.05, 4.69) is 0 Å². The molecule has 122 valence electrons. The highest BCUT2D eigenvalue weighted by atomic mass is 16.4. The number of carbonyl (C=O) groups is 1. The maximum atomic E-state index is 11.7. The van der Waals surface area contributed by atoms with Crippen molar-refractivity contribution in [1.29, 1.82) is 0 Å². The first kappa shape index (κ1) is 15.1. The molecule has 2 aliphatic rings. The van der Waals surface area contributed by atoms with Crippen LogP contribution in [0.4, 0.5) is 0 Å².